The number of rotatable bonds is 4. The number of benzene rings is 1. The summed E-state index contributed by atoms with van der Waals surface area (Å²) in [5, 5.41) is 20.6. The number of hydrogen-bond acceptors (Lipinski definition) is 5. The van der Waals surface area contributed by atoms with E-state index in [9.17, 15) is 18.3 Å². The maximum absolute atomic E-state index is 14.4. The van der Waals surface area contributed by atoms with Crippen LogP contribution >= 0.6 is 12.2 Å². The van der Waals surface area contributed by atoms with Gasteiger partial charge in [-0.25, -0.2) is 22.7 Å². The van der Waals surface area contributed by atoms with Crippen LogP contribution in [0, 0.1) is 11.6 Å². The van der Waals surface area contributed by atoms with E-state index in [2.05, 4.69) is 20.7 Å². The molecule has 1 saturated carbocycles. The highest BCUT2D eigenvalue weighted by atomic mass is 32.1. The molecule has 162 valence electrons. The molecule has 2 aliphatic rings. The monoisotopic (exact) mass is 448 g/mol. The topological polar surface area (TPSA) is 77.7 Å². The summed E-state index contributed by atoms with van der Waals surface area (Å²) < 4.78 is 42.8. The van der Waals surface area contributed by atoms with Crippen molar-refractivity contribution in [2.75, 3.05) is 16.8 Å². The smallest absolute Gasteiger partial charge is 0.180 e. The second-order valence-electron chi connectivity index (χ2n) is 7.79. The molecule has 31 heavy (non-hydrogen) atoms. The first-order valence-electron chi connectivity index (χ1n) is 9.84. The first kappa shape index (κ1) is 20.0. The Hall–Kier alpha value is -2.92. The zero-order valence-corrected chi connectivity index (χ0v) is 17.0. The second-order valence-corrected chi connectivity index (χ2v) is 8.20. The van der Waals surface area contributed by atoms with E-state index in [-0.39, 0.29) is 29.7 Å². The maximum Gasteiger partial charge on any atom is 0.180 e. The van der Waals surface area contributed by atoms with Gasteiger partial charge in [-0.3, -0.25) is 0 Å². The normalized spacial score (nSPS) is 25.1. The Morgan fingerprint density at radius 1 is 1.23 bits per heavy atom. The minimum Gasteiger partial charge on any atom is -0.391 e. The number of aliphatic hydroxyl groups is 1. The number of aliphatic hydroxyl groups excluding tert-OH is 1. The third-order valence-electron chi connectivity index (χ3n) is 5.52. The molecule has 11 heteroatoms. The summed E-state index contributed by atoms with van der Waals surface area (Å²) in [5.74, 6) is -0.609. The molecule has 1 aromatic carbocycles. The van der Waals surface area contributed by atoms with Crippen molar-refractivity contribution < 1.29 is 18.3 Å². The molecule has 5 rings (SSSR count). The molecule has 0 bridgehead atoms. The third kappa shape index (κ3) is 3.90. The summed E-state index contributed by atoms with van der Waals surface area (Å²) in [4.78, 5) is 6.36. The SMILES string of the molecule is O[C@H]1C[C@H](c2cc(F)ccc2F)N(c2ccn3ncc(NC(=S)N[C@H]4C[C@H]4F)c3n2)C1. The minimum atomic E-state index is -0.893. The lowest BCUT2D eigenvalue weighted by atomic mass is 10.0. The number of β-amino-alcohol motifs (C(OH)–C–C–N with tert-alkyl or cyclic N) is 1. The summed E-state index contributed by atoms with van der Waals surface area (Å²) in [6.45, 7) is 0.222. The zero-order valence-electron chi connectivity index (χ0n) is 16.2. The fourth-order valence-corrected chi connectivity index (χ4v) is 4.14. The van der Waals surface area contributed by atoms with Crippen molar-refractivity contribution in [2.24, 2.45) is 0 Å². The highest BCUT2D eigenvalue weighted by Crippen LogP contribution is 2.37. The van der Waals surface area contributed by atoms with Gasteiger partial charge in [-0.05, 0) is 42.9 Å². The van der Waals surface area contributed by atoms with Gasteiger partial charge in [-0.1, -0.05) is 0 Å². The predicted molar refractivity (Wildman–Crippen MR) is 113 cm³/mol. The number of thiocarbonyl (C=S) groups is 1. The van der Waals surface area contributed by atoms with Gasteiger partial charge in [0.15, 0.2) is 10.8 Å². The number of hydrogen-bond donors (Lipinski definition) is 3. The summed E-state index contributed by atoms with van der Waals surface area (Å²) >= 11 is 5.22. The Morgan fingerprint density at radius 3 is 2.81 bits per heavy atom. The van der Waals surface area contributed by atoms with Crippen molar-refractivity contribution in [3.05, 3.63) is 53.9 Å². The average Bonchev–Trinajstić information content (AvgIpc) is 3.11. The number of alkyl halides is 1. The standard InChI is InChI=1S/C20H19F3N6OS/c21-10-1-2-13(22)12(5-10)17-6-11(30)9-28(17)18-3-4-29-19(27-18)16(8-24-29)26-20(31)25-15-7-14(15)23/h1-5,8,11,14-15,17,30H,6-7,9H2,(H2,25,26,31)/t11-,14+,15-,17+/m0/s1. The number of nitrogens with zero attached hydrogens (tertiary/aromatic N) is 4. The Balaban J connectivity index is 1.44. The Labute approximate surface area is 180 Å². The first-order valence-corrected chi connectivity index (χ1v) is 10.3. The summed E-state index contributed by atoms with van der Waals surface area (Å²) in [6, 6.07) is 4.14. The van der Waals surface area contributed by atoms with Gasteiger partial charge in [0, 0.05) is 24.7 Å². The highest BCUT2D eigenvalue weighted by molar-refractivity contribution is 7.80. The average molecular weight is 448 g/mol. The summed E-state index contributed by atoms with van der Waals surface area (Å²) in [5.41, 5.74) is 1.14. The molecule has 2 fully saturated rings. The Bertz CT molecular complexity index is 1160. The van der Waals surface area contributed by atoms with E-state index in [1.165, 1.54) is 4.52 Å². The quantitative estimate of drug-likeness (QED) is 0.530. The zero-order chi connectivity index (χ0) is 21.7. The van der Waals surface area contributed by atoms with E-state index in [0.29, 0.717) is 23.6 Å². The van der Waals surface area contributed by atoms with Crippen LogP contribution in [0.4, 0.5) is 24.7 Å². The van der Waals surface area contributed by atoms with Gasteiger partial charge in [0.2, 0.25) is 0 Å². The minimum absolute atomic E-state index is 0.167. The largest absolute Gasteiger partial charge is 0.391 e. The van der Waals surface area contributed by atoms with Crippen molar-refractivity contribution in [1.82, 2.24) is 19.9 Å². The summed E-state index contributed by atoms with van der Waals surface area (Å²) in [7, 11) is 0. The molecule has 0 amide bonds. The van der Waals surface area contributed by atoms with Gasteiger partial charge in [0.1, 0.15) is 29.3 Å². The molecular weight excluding hydrogens is 429 g/mol. The van der Waals surface area contributed by atoms with E-state index in [1.54, 1.807) is 23.4 Å². The van der Waals surface area contributed by atoms with Crippen LogP contribution in [-0.4, -0.2) is 49.7 Å². The highest BCUT2D eigenvalue weighted by Gasteiger charge is 2.38. The molecule has 3 aromatic rings. The molecule has 3 heterocycles. The van der Waals surface area contributed by atoms with Crippen LogP contribution in [0.2, 0.25) is 0 Å². The van der Waals surface area contributed by atoms with Crippen LogP contribution in [-0.2, 0) is 0 Å². The lowest BCUT2D eigenvalue weighted by Crippen LogP contribution is -2.31. The van der Waals surface area contributed by atoms with E-state index in [1.807, 2.05) is 0 Å². The van der Waals surface area contributed by atoms with Crippen molar-refractivity contribution >= 4 is 34.5 Å². The molecule has 1 saturated heterocycles. The molecule has 0 radical (unpaired) electrons. The number of halogens is 3. The summed E-state index contributed by atoms with van der Waals surface area (Å²) in [6.07, 6.45) is 2.29. The van der Waals surface area contributed by atoms with Gasteiger partial charge >= 0.3 is 0 Å². The number of nitrogens with one attached hydrogen (secondary N) is 2. The van der Waals surface area contributed by atoms with Gasteiger partial charge < -0.3 is 20.6 Å². The van der Waals surface area contributed by atoms with Crippen LogP contribution in [0.15, 0.2) is 36.7 Å². The molecule has 0 spiro atoms. The van der Waals surface area contributed by atoms with Crippen LogP contribution in [0.3, 0.4) is 0 Å². The Kier molecular flexibility index (Phi) is 4.94. The number of aromatic nitrogens is 3. The number of anilines is 2. The van der Waals surface area contributed by atoms with E-state index < -0.39 is 30.0 Å². The second kappa shape index (κ2) is 7.65. The number of fused-ring (bicyclic) bond motifs is 1. The van der Waals surface area contributed by atoms with Gasteiger partial charge in [-0.2, -0.15) is 5.10 Å². The molecule has 7 nitrogen and oxygen atoms in total. The van der Waals surface area contributed by atoms with Crippen molar-refractivity contribution in [2.45, 2.75) is 37.2 Å². The molecule has 1 aliphatic carbocycles. The van der Waals surface area contributed by atoms with Crippen LogP contribution < -0.4 is 15.5 Å². The van der Waals surface area contributed by atoms with E-state index in [4.69, 9.17) is 12.2 Å². The lowest BCUT2D eigenvalue weighted by Gasteiger charge is -2.26. The molecule has 0 unspecified atom stereocenters. The maximum atomic E-state index is 14.4. The molecule has 2 aromatic heterocycles. The third-order valence-corrected chi connectivity index (χ3v) is 5.74. The molecule has 3 N–H and O–H groups in total. The van der Waals surface area contributed by atoms with Crippen LogP contribution in [0.25, 0.3) is 5.65 Å². The van der Waals surface area contributed by atoms with Crippen molar-refractivity contribution in [3.8, 4) is 0 Å². The lowest BCUT2D eigenvalue weighted by molar-refractivity contribution is 0.194. The van der Waals surface area contributed by atoms with Gasteiger partial charge in [-0.15, -0.1) is 0 Å². The van der Waals surface area contributed by atoms with Crippen molar-refractivity contribution in [3.63, 3.8) is 0 Å². The molecular formula is C20H19F3N6OS. The first-order chi connectivity index (χ1) is 14.9. The fraction of sp³-hybridized carbons (Fsp3) is 0.350. The molecule has 1 aliphatic heterocycles. The van der Waals surface area contributed by atoms with E-state index in [0.717, 1.165) is 18.2 Å². The molecule has 4 atom stereocenters. The van der Waals surface area contributed by atoms with Crippen LogP contribution in [0.1, 0.15) is 24.4 Å². The van der Waals surface area contributed by atoms with Crippen molar-refractivity contribution in [1.29, 1.82) is 0 Å². The van der Waals surface area contributed by atoms with Gasteiger partial charge in [0.05, 0.1) is 24.4 Å². The van der Waals surface area contributed by atoms with Gasteiger partial charge in [0.25, 0.3) is 0 Å². The predicted octanol–water partition coefficient (Wildman–Crippen LogP) is 2.72. The fourth-order valence-electron chi connectivity index (χ4n) is 3.88. The van der Waals surface area contributed by atoms with Crippen LogP contribution in [0.5, 0.6) is 0 Å². The van der Waals surface area contributed by atoms with E-state index >= 15 is 0 Å². The Morgan fingerprint density at radius 2 is 2.03 bits per heavy atom.